The van der Waals surface area contributed by atoms with E-state index in [0.29, 0.717) is 6.54 Å². The van der Waals surface area contributed by atoms with Gasteiger partial charge in [-0.25, -0.2) is 9.67 Å². The Kier molecular flexibility index (Phi) is 10.2. The molecule has 7 nitrogen and oxygen atoms in total. The van der Waals surface area contributed by atoms with E-state index in [4.69, 9.17) is 9.47 Å². The largest absolute Gasteiger partial charge is 0.493 e. The summed E-state index contributed by atoms with van der Waals surface area (Å²) in [5.74, 6) is 2.26. The van der Waals surface area contributed by atoms with Crippen molar-refractivity contribution in [2.75, 3.05) is 27.3 Å². The molecule has 0 atom stereocenters. The first-order valence-corrected chi connectivity index (χ1v) is 10.1. The van der Waals surface area contributed by atoms with Crippen LogP contribution in [0.4, 0.5) is 0 Å². The maximum Gasteiger partial charge on any atom is 0.191 e. The summed E-state index contributed by atoms with van der Waals surface area (Å²) in [5, 5.41) is 11.1. The Hall–Kier alpha value is -2.75. The van der Waals surface area contributed by atoms with Crippen molar-refractivity contribution in [1.82, 2.24) is 20.4 Å². The van der Waals surface area contributed by atoms with E-state index in [9.17, 15) is 0 Å². The number of hydrogen-bond donors (Lipinski definition) is 2. The Labute approximate surface area is 200 Å². The number of aromatic nitrogens is 2. The molecule has 31 heavy (non-hydrogen) atoms. The first-order chi connectivity index (χ1) is 14.7. The minimum atomic E-state index is 0. The van der Waals surface area contributed by atoms with Crippen molar-refractivity contribution < 1.29 is 9.47 Å². The van der Waals surface area contributed by atoms with Gasteiger partial charge in [0, 0.05) is 24.8 Å². The lowest BCUT2D eigenvalue weighted by Crippen LogP contribution is -2.38. The number of methoxy groups -OCH3 is 2. The Balaban J connectivity index is 0.00000341. The number of rotatable bonds is 9. The van der Waals surface area contributed by atoms with Crippen LogP contribution in [0.3, 0.4) is 0 Å². The third-order valence-electron chi connectivity index (χ3n) is 4.57. The molecular weight excluding hydrogens is 505 g/mol. The molecule has 0 aliphatic rings. The molecule has 0 bridgehead atoms. The van der Waals surface area contributed by atoms with E-state index < -0.39 is 0 Å². The van der Waals surface area contributed by atoms with E-state index in [1.807, 2.05) is 65.6 Å². The zero-order chi connectivity index (χ0) is 21.2. The normalized spacial score (nSPS) is 10.9. The molecule has 0 spiro atoms. The van der Waals surface area contributed by atoms with Gasteiger partial charge in [0.25, 0.3) is 0 Å². The van der Waals surface area contributed by atoms with Crippen molar-refractivity contribution in [3.05, 3.63) is 72.1 Å². The van der Waals surface area contributed by atoms with Gasteiger partial charge in [0.15, 0.2) is 17.5 Å². The summed E-state index contributed by atoms with van der Waals surface area (Å²) in [5.41, 5.74) is 3.25. The fourth-order valence-corrected chi connectivity index (χ4v) is 3.04. The van der Waals surface area contributed by atoms with Gasteiger partial charge in [-0.1, -0.05) is 24.3 Å². The van der Waals surface area contributed by atoms with Crippen LogP contribution in [-0.4, -0.2) is 43.0 Å². The van der Waals surface area contributed by atoms with E-state index in [-0.39, 0.29) is 24.0 Å². The molecule has 2 aromatic carbocycles. The number of nitrogens with one attached hydrogen (secondary N) is 2. The molecule has 0 unspecified atom stereocenters. The van der Waals surface area contributed by atoms with E-state index in [1.165, 1.54) is 5.56 Å². The summed E-state index contributed by atoms with van der Waals surface area (Å²) < 4.78 is 12.5. The summed E-state index contributed by atoms with van der Waals surface area (Å²) in [7, 11) is 3.29. The predicted octanol–water partition coefficient (Wildman–Crippen LogP) is 3.81. The minimum absolute atomic E-state index is 0. The highest BCUT2D eigenvalue weighted by atomic mass is 127. The van der Waals surface area contributed by atoms with Crippen molar-refractivity contribution in [1.29, 1.82) is 0 Å². The third-order valence-corrected chi connectivity index (χ3v) is 4.57. The third kappa shape index (κ3) is 7.16. The van der Waals surface area contributed by atoms with Crippen LogP contribution in [0.5, 0.6) is 11.5 Å². The van der Waals surface area contributed by atoms with Crippen molar-refractivity contribution in [2.45, 2.75) is 19.9 Å². The molecular formula is C23H30IN5O2. The first-order valence-electron chi connectivity index (χ1n) is 10.1. The monoisotopic (exact) mass is 535 g/mol. The van der Waals surface area contributed by atoms with Crippen LogP contribution in [0.2, 0.25) is 0 Å². The number of hydrogen-bond acceptors (Lipinski definition) is 4. The lowest BCUT2D eigenvalue weighted by molar-refractivity contribution is 0.354. The van der Waals surface area contributed by atoms with Crippen LogP contribution in [0, 0.1) is 0 Å². The van der Waals surface area contributed by atoms with Crippen molar-refractivity contribution in [3.63, 3.8) is 0 Å². The number of aliphatic imine (C=N–C) groups is 1. The molecule has 8 heteroatoms. The molecule has 3 rings (SSSR count). The van der Waals surface area contributed by atoms with Gasteiger partial charge >= 0.3 is 0 Å². The van der Waals surface area contributed by atoms with Crippen LogP contribution in [0.1, 0.15) is 18.1 Å². The standard InChI is InChI=1S/C23H29N5O2.HI/c1-4-24-23(25-13-12-18-10-11-21(29-2)22(14-18)30-3)26-15-19-16-27-28(17-19)20-8-6-5-7-9-20;/h5-11,14,16-17H,4,12-13,15H2,1-3H3,(H2,24,25,26);1H. The molecule has 2 N–H and O–H groups in total. The van der Waals surface area contributed by atoms with E-state index >= 15 is 0 Å². The summed E-state index contributed by atoms with van der Waals surface area (Å²) in [4.78, 5) is 4.68. The van der Waals surface area contributed by atoms with Crippen LogP contribution >= 0.6 is 24.0 Å². The lowest BCUT2D eigenvalue weighted by Gasteiger charge is -2.12. The van der Waals surface area contributed by atoms with Crippen molar-refractivity contribution >= 4 is 29.9 Å². The Morgan fingerprint density at radius 1 is 1.00 bits per heavy atom. The number of halogens is 1. The van der Waals surface area contributed by atoms with Crippen molar-refractivity contribution in [2.24, 2.45) is 4.99 Å². The summed E-state index contributed by atoms with van der Waals surface area (Å²) in [6, 6.07) is 16.0. The lowest BCUT2D eigenvalue weighted by atomic mass is 10.1. The van der Waals surface area contributed by atoms with Gasteiger partial charge in [-0.2, -0.15) is 5.10 Å². The van der Waals surface area contributed by atoms with Gasteiger partial charge in [0.2, 0.25) is 0 Å². The van der Waals surface area contributed by atoms with Gasteiger partial charge in [-0.05, 0) is 43.2 Å². The second-order valence-electron chi connectivity index (χ2n) is 6.69. The molecule has 0 amide bonds. The van der Waals surface area contributed by atoms with E-state index in [1.54, 1.807) is 14.2 Å². The number of para-hydroxylation sites is 1. The summed E-state index contributed by atoms with van der Waals surface area (Å²) in [6.07, 6.45) is 4.70. The highest BCUT2D eigenvalue weighted by molar-refractivity contribution is 14.0. The van der Waals surface area contributed by atoms with Crippen molar-refractivity contribution in [3.8, 4) is 17.2 Å². The van der Waals surface area contributed by atoms with Crippen LogP contribution < -0.4 is 20.1 Å². The Bertz CT molecular complexity index is 960. The zero-order valence-corrected chi connectivity index (χ0v) is 20.5. The van der Waals surface area contributed by atoms with Gasteiger partial charge in [-0.15, -0.1) is 24.0 Å². The smallest absolute Gasteiger partial charge is 0.191 e. The van der Waals surface area contributed by atoms with Gasteiger partial charge < -0.3 is 20.1 Å². The molecule has 0 fully saturated rings. The number of benzene rings is 2. The second kappa shape index (κ2) is 12.8. The van der Waals surface area contributed by atoms with Crippen LogP contribution in [0.15, 0.2) is 65.9 Å². The Morgan fingerprint density at radius 2 is 1.77 bits per heavy atom. The second-order valence-corrected chi connectivity index (χ2v) is 6.69. The molecule has 0 saturated carbocycles. The molecule has 3 aromatic rings. The van der Waals surface area contributed by atoms with E-state index in [0.717, 1.165) is 48.2 Å². The van der Waals surface area contributed by atoms with Crippen LogP contribution in [-0.2, 0) is 13.0 Å². The molecule has 0 radical (unpaired) electrons. The maximum atomic E-state index is 5.37. The van der Waals surface area contributed by atoms with Crippen LogP contribution in [0.25, 0.3) is 5.69 Å². The van der Waals surface area contributed by atoms with E-state index in [2.05, 4.69) is 27.6 Å². The highest BCUT2D eigenvalue weighted by Crippen LogP contribution is 2.27. The SMILES string of the molecule is CCNC(=NCc1cnn(-c2ccccc2)c1)NCCc1ccc(OC)c(OC)c1.I. The highest BCUT2D eigenvalue weighted by Gasteiger charge is 2.05. The molecule has 0 aliphatic heterocycles. The quantitative estimate of drug-likeness (QED) is 0.248. The number of ether oxygens (including phenoxy) is 2. The first kappa shape index (κ1) is 24.5. The molecule has 1 aromatic heterocycles. The zero-order valence-electron chi connectivity index (χ0n) is 18.2. The average Bonchev–Trinajstić information content (AvgIpc) is 3.27. The molecule has 0 aliphatic carbocycles. The molecule has 1 heterocycles. The Morgan fingerprint density at radius 3 is 2.48 bits per heavy atom. The minimum Gasteiger partial charge on any atom is -0.493 e. The summed E-state index contributed by atoms with van der Waals surface area (Å²) >= 11 is 0. The maximum absolute atomic E-state index is 5.37. The van der Waals surface area contributed by atoms with Gasteiger partial charge in [0.1, 0.15) is 0 Å². The van der Waals surface area contributed by atoms with Gasteiger partial charge in [0.05, 0.1) is 32.6 Å². The summed E-state index contributed by atoms with van der Waals surface area (Å²) in [6.45, 7) is 4.16. The predicted molar refractivity (Wildman–Crippen MR) is 135 cm³/mol. The average molecular weight is 535 g/mol. The molecule has 166 valence electrons. The number of guanidine groups is 1. The van der Waals surface area contributed by atoms with Gasteiger partial charge in [-0.3, -0.25) is 0 Å². The fourth-order valence-electron chi connectivity index (χ4n) is 3.04. The molecule has 0 saturated heterocycles. The number of nitrogens with zero attached hydrogens (tertiary/aromatic N) is 3. The topological polar surface area (TPSA) is 72.7 Å². The fraction of sp³-hybridized carbons (Fsp3) is 0.304.